The number of rotatable bonds is 4. The van der Waals surface area contributed by atoms with Gasteiger partial charge in [-0.25, -0.2) is 0 Å². The van der Waals surface area contributed by atoms with Gasteiger partial charge >= 0.3 is 5.97 Å². The summed E-state index contributed by atoms with van der Waals surface area (Å²) in [5.41, 5.74) is 1.05. The van der Waals surface area contributed by atoms with Gasteiger partial charge in [0.2, 0.25) is 0 Å². The minimum absolute atomic E-state index is 0.109. The summed E-state index contributed by atoms with van der Waals surface area (Å²) < 4.78 is 5.20. The highest BCUT2D eigenvalue weighted by Crippen LogP contribution is 2.52. The Kier molecular flexibility index (Phi) is 3.20. The zero-order valence-corrected chi connectivity index (χ0v) is 10.3. The molecule has 0 heterocycles. The summed E-state index contributed by atoms with van der Waals surface area (Å²) in [6.45, 7) is 5.78. The normalized spacial score (nSPS) is 25.0. The van der Waals surface area contributed by atoms with Crippen molar-refractivity contribution in [3.05, 3.63) is 42.0 Å². The molecule has 1 aromatic rings. The first-order valence-electron chi connectivity index (χ1n) is 5.92. The number of hydrogen-bond acceptors (Lipinski definition) is 3. The van der Waals surface area contributed by atoms with E-state index in [1.165, 1.54) is 0 Å². The van der Waals surface area contributed by atoms with Gasteiger partial charge in [0.15, 0.2) is 5.41 Å². The molecule has 0 bridgehead atoms. The lowest BCUT2D eigenvalue weighted by Gasteiger charge is -2.08. The largest absolute Gasteiger partial charge is 0.460 e. The molecule has 0 spiro atoms. The fraction of sp³-hybridized carbons (Fsp3) is 0.333. The Hall–Kier alpha value is -2.08. The highest BCUT2D eigenvalue weighted by molar-refractivity contribution is 5.83. The maximum atomic E-state index is 11.8. The molecule has 1 aromatic carbocycles. The molecule has 0 amide bonds. The van der Waals surface area contributed by atoms with Gasteiger partial charge in [-0.1, -0.05) is 43.8 Å². The van der Waals surface area contributed by atoms with Gasteiger partial charge in [-0.05, 0) is 23.5 Å². The second-order valence-electron chi connectivity index (χ2n) is 4.71. The van der Waals surface area contributed by atoms with Crippen molar-refractivity contribution in [2.75, 3.05) is 0 Å². The molecule has 0 saturated heterocycles. The third-order valence-electron chi connectivity index (χ3n) is 3.46. The molecular weight excluding hydrogens is 226 g/mol. The van der Waals surface area contributed by atoms with Crippen LogP contribution in [0.15, 0.2) is 30.8 Å². The van der Waals surface area contributed by atoms with E-state index < -0.39 is 11.4 Å². The van der Waals surface area contributed by atoms with Crippen LogP contribution in [-0.2, 0) is 16.1 Å². The van der Waals surface area contributed by atoms with Crippen molar-refractivity contribution in [1.29, 1.82) is 5.26 Å². The Morgan fingerprint density at radius 1 is 1.61 bits per heavy atom. The van der Waals surface area contributed by atoms with Crippen molar-refractivity contribution in [2.24, 2.45) is 11.3 Å². The van der Waals surface area contributed by atoms with E-state index in [2.05, 4.69) is 12.6 Å². The first kappa shape index (κ1) is 12.4. The SMILES string of the molecule is C=Cc1ccc(COC(=O)C2(C#N)CC2C)cc1. The van der Waals surface area contributed by atoms with Crippen LogP contribution >= 0.6 is 0 Å². The molecule has 3 heteroatoms. The molecule has 0 aliphatic heterocycles. The van der Waals surface area contributed by atoms with Gasteiger partial charge in [-0.2, -0.15) is 5.26 Å². The van der Waals surface area contributed by atoms with Crippen molar-refractivity contribution in [1.82, 2.24) is 0 Å². The molecule has 2 atom stereocenters. The predicted octanol–water partition coefficient (Wildman–Crippen LogP) is 2.92. The average Bonchev–Trinajstić information content (AvgIpc) is 3.08. The van der Waals surface area contributed by atoms with Gasteiger partial charge in [0.25, 0.3) is 0 Å². The molecule has 2 unspecified atom stereocenters. The van der Waals surface area contributed by atoms with Gasteiger partial charge in [-0.15, -0.1) is 0 Å². The van der Waals surface area contributed by atoms with Crippen molar-refractivity contribution >= 4 is 12.0 Å². The zero-order valence-electron chi connectivity index (χ0n) is 10.3. The lowest BCUT2D eigenvalue weighted by atomic mass is 10.1. The summed E-state index contributed by atoms with van der Waals surface area (Å²) in [5, 5.41) is 9.00. The zero-order chi connectivity index (χ0) is 13.2. The van der Waals surface area contributed by atoms with Gasteiger partial charge in [-0.3, -0.25) is 4.79 Å². The van der Waals surface area contributed by atoms with E-state index in [9.17, 15) is 4.79 Å². The number of nitriles is 1. The maximum Gasteiger partial charge on any atom is 0.327 e. The second kappa shape index (κ2) is 4.66. The van der Waals surface area contributed by atoms with E-state index in [0.29, 0.717) is 6.42 Å². The molecule has 92 valence electrons. The molecule has 2 rings (SSSR count). The van der Waals surface area contributed by atoms with Crippen LogP contribution in [0.3, 0.4) is 0 Å². The van der Waals surface area contributed by atoms with E-state index in [0.717, 1.165) is 11.1 Å². The quantitative estimate of drug-likeness (QED) is 0.761. The fourth-order valence-corrected chi connectivity index (χ4v) is 1.94. The van der Waals surface area contributed by atoms with Crippen molar-refractivity contribution < 1.29 is 9.53 Å². The van der Waals surface area contributed by atoms with Crippen LogP contribution in [0.2, 0.25) is 0 Å². The highest BCUT2D eigenvalue weighted by atomic mass is 16.5. The van der Waals surface area contributed by atoms with Crippen LogP contribution in [-0.4, -0.2) is 5.97 Å². The molecule has 1 saturated carbocycles. The molecule has 0 aromatic heterocycles. The highest BCUT2D eigenvalue weighted by Gasteiger charge is 2.59. The number of carbonyl (C=O) groups is 1. The van der Waals surface area contributed by atoms with Crippen LogP contribution in [0, 0.1) is 22.7 Å². The standard InChI is InChI=1S/C15H15NO2/c1-3-12-4-6-13(7-5-12)9-18-14(17)15(10-16)8-11(15)2/h3-7,11H,1,8-9H2,2H3. The summed E-state index contributed by atoms with van der Waals surface area (Å²) in [5.74, 6) is -0.288. The molecule has 1 aliphatic carbocycles. The molecule has 18 heavy (non-hydrogen) atoms. The Morgan fingerprint density at radius 3 is 2.67 bits per heavy atom. The lowest BCUT2D eigenvalue weighted by molar-refractivity contribution is -0.149. The minimum atomic E-state index is -0.888. The van der Waals surface area contributed by atoms with E-state index in [1.54, 1.807) is 6.08 Å². The molecule has 0 N–H and O–H groups in total. The van der Waals surface area contributed by atoms with E-state index in [1.807, 2.05) is 31.2 Å². The number of carbonyl (C=O) groups excluding carboxylic acids is 1. The Balaban J connectivity index is 1.94. The molecule has 1 fully saturated rings. The maximum absolute atomic E-state index is 11.8. The van der Waals surface area contributed by atoms with Crippen LogP contribution in [0.25, 0.3) is 6.08 Å². The van der Waals surface area contributed by atoms with E-state index >= 15 is 0 Å². The third-order valence-corrected chi connectivity index (χ3v) is 3.46. The third kappa shape index (κ3) is 2.14. The summed E-state index contributed by atoms with van der Waals surface area (Å²) in [6, 6.07) is 9.67. The van der Waals surface area contributed by atoms with Crippen molar-refractivity contribution in [3.63, 3.8) is 0 Å². The molecule has 3 nitrogen and oxygen atoms in total. The summed E-state index contributed by atoms with van der Waals surface area (Å²) >= 11 is 0. The minimum Gasteiger partial charge on any atom is -0.460 e. The van der Waals surface area contributed by atoms with Gasteiger partial charge < -0.3 is 4.74 Å². The molecule has 0 radical (unpaired) electrons. The van der Waals surface area contributed by atoms with E-state index in [-0.39, 0.29) is 12.5 Å². The van der Waals surface area contributed by atoms with Crippen molar-refractivity contribution in [2.45, 2.75) is 20.0 Å². The predicted molar refractivity (Wildman–Crippen MR) is 68.2 cm³/mol. The summed E-state index contributed by atoms with van der Waals surface area (Å²) in [6.07, 6.45) is 2.37. The number of esters is 1. The van der Waals surface area contributed by atoms with E-state index in [4.69, 9.17) is 10.00 Å². The van der Waals surface area contributed by atoms with Crippen LogP contribution in [0.4, 0.5) is 0 Å². The Labute approximate surface area is 107 Å². The smallest absolute Gasteiger partial charge is 0.327 e. The molecule has 1 aliphatic rings. The van der Waals surface area contributed by atoms with Gasteiger partial charge in [0.1, 0.15) is 6.61 Å². The average molecular weight is 241 g/mol. The monoisotopic (exact) mass is 241 g/mol. The second-order valence-corrected chi connectivity index (χ2v) is 4.71. The summed E-state index contributed by atoms with van der Waals surface area (Å²) in [4.78, 5) is 11.8. The number of benzene rings is 1. The Bertz CT molecular complexity index is 512. The van der Waals surface area contributed by atoms with Crippen LogP contribution < -0.4 is 0 Å². The molecular formula is C15H15NO2. The van der Waals surface area contributed by atoms with Gasteiger partial charge in [0.05, 0.1) is 6.07 Å². The van der Waals surface area contributed by atoms with Crippen LogP contribution in [0.1, 0.15) is 24.5 Å². The van der Waals surface area contributed by atoms with Crippen LogP contribution in [0.5, 0.6) is 0 Å². The fourth-order valence-electron chi connectivity index (χ4n) is 1.94. The Morgan fingerprint density at radius 2 is 2.22 bits per heavy atom. The lowest BCUT2D eigenvalue weighted by Crippen LogP contribution is -2.19. The number of hydrogen-bond donors (Lipinski definition) is 0. The number of ether oxygens (including phenoxy) is 1. The topological polar surface area (TPSA) is 50.1 Å². The first-order valence-corrected chi connectivity index (χ1v) is 5.92. The summed E-state index contributed by atoms with van der Waals surface area (Å²) in [7, 11) is 0. The number of nitrogens with zero attached hydrogens (tertiary/aromatic N) is 1. The van der Waals surface area contributed by atoms with Crippen molar-refractivity contribution in [3.8, 4) is 6.07 Å². The first-order chi connectivity index (χ1) is 8.62. The van der Waals surface area contributed by atoms with Gasteiger partial charge in [0, 0.05) is 0 Å².